The standard InChI is InChI=1S/C23H26N4O2/c28-22-17-24-27(20-11-5-3-9-18(20)22)16-13-23(29)25-19-10-4-6-12-21(19)26-14-7-1-2-8-15-26/h3-6,9-12,17H,1-2,7-8,13-16H2,(H,25,29). The summed E-state index contributed by atoms with van der Waals surface area (Å²) in [6.07, 6.45) is 6.51. The Morgan fingerprint density at radius 2 is 1.69 bits per heavy atom. The van der Waals surface area contributed by atoms with Gasteiger partial charge in [-0.2, -0.15) is 5.10 Å². The normalized spacial score (nSPS) is 14.6. The fraction of sp³-hybridized carbons (Fsp3) is 0.348. The van der Waals surface area contributed by atoms with Crippen LogP contribution in [-0.2, 0) is 11.3 Å². The third-order valence-electron chi connectivity index (χ3n) is 5.44. The summed E-state index contributed by atoms with van der Waals surface area (Å²) in [4.78, 5) is 27.0. The van der Waals surface area contributed by atoms with Crippen LogP contribution in [0.15, 0.2) is 59.5 Å². The summed E-state index contributed by atoms with van der Waals surface area (Å²) in [6.45, 7) is 2.47. The number of amides is 1. The average Bonchev–Trinajstić information content (AvgIpc) is 3.03. The Balaban J connectivity index is 1.46. The van der Waals surface area contributed by atoms with E-state index >= 15 is 0 Å². The summed E-state index contributed by atoms with van der Waals surface area (Å²) in [5.41, 5.74) is 2.59. The van der Waals surface area contributed by atoms with Crippen molar-refractivity contribution in [1.82, 2.24) is 9.78 Å². The molecule has 1 aliphatic rings. The predicted octanol–water partition coefficient (Wildman–Crippen LogP) is 3.81. The van der Waals surface area contributed by atoms with Crippen molar-refractivity contribution in [2.45, 2.75) is 38.6 Å². The van der Waals surface area contributed by atoms with E-state index < -0.39 is 0 Å². The second kappa shape index (κ2) is 8.90. The van der Waals surface area contributed by atoms with E-state index in [1.165, 1.54) is 31.9 Å². The smallest absolute Gasteiger partial charge is 0.226 e. The zero-order chi connectivity index (χ0) is 20.1. The zero-order valence-corrected chi connectivity index (χ0v) is 16.5. The van der Waals surface area contributed by atoms with Crippen LogP contribution < -0.4 is 15.6 Å². The number of carbonyl (C=O) groups excluding carboxylic acids is 1. The molecule has 2 heterocycles. The molecule has 0 saturated carbocycles. The first-order chi connectivity index (χ1) is 14.2. The summed E-state index contributed by atoms with van der Waals surface area (Å²) in [6, 6.07) is 15.4. The van der Waals surface area contributed by atoms with Crippen LogP contribution in [0.3, 0.4) is 0 Å². The van der Waals surface area contributed by atoms with Crippen molar-refractivity contribution in [1.29, 1.82) is 0 Å². The first-order valence-electron chi connectivity index (χ1n) is 10.3. The Morgan fingerprint density at radius 3 is 2.52 bits per heavy atom. The molecule has 1 aromatic heterocycles. The predicted molar refractivity (Wildman–Crippen MR) is 116 cm³/mol. The molecule has 2 aromatic carbocycles. The minimum absolute atomic E-state index is 0.0585. The summed E-state index contributed by atoms with van der Waals surface area (Å²) in [7, 11) is 0. The maximum atomic E-state index is 12.7. The molecule has 1 aliphatic heterocycles. The SMILES string of the molecule is O=C(CCn1ncc(=O)c2ccccc21)Nc1ccccc1N1CCCCCC1. The van der Waals surface area contributed by atoms with Crippen molar-refractivity contribution in [3.63, 3.8) is 0 Å². The third-order valence-corrected chi connectivity index (χ3v) is 5.44. The topological polar surface area (TPSA) is 67.2 Å². The molecule has 6 nitrogen and oxygen atoms in total. The number of anilines is 2. The molecular formula is C23H26N4O2. The van der Waals surface area contributed by atoms with E-state index in [-0.39, 0.29) is 17.8 Å². The lowest BCUT2D eigenvalue weighted by Crippen LogP contribution is -2.26. The number of carbonyl (C=O) groups is 1. The van der Waals surface area contributed by atoms with Crippen LogP contribution in [0, 0.1) is 0 Å². The number of aryl methyl sites for hydroxylation is 1. The van der Waals surface area contributed by atoms with Gasteiger partial charge in [0.1, 0.15) is 0 Å². The fourth-order valence-corrected chi connectivity index (χ4v) is 3.93. The highest BCUT2D eigenvalue weighted by atomic mass is 16.1. The number of rotatable bonds is 5. The van der Waals surface area contributed by atoms with Gasteiger partial charge in [-0.25, -0.2) is 0 Å². The Labute approximate surface area is 170 Å². The van der Waals surface area contributed by atoms with Crippen LogP contribution in [0.1, 0.15) is 32.1 Å². The zero-order valence-electron chi connectivity index (χ0n) is 16.5. The van der Waals surface area contributed by atoms with Gasteiger partial charge >= 0.3 is 0 Å². The Morgan fingerprint density at radius 1 is 0.966 bits per heavy atom. The summed E-state index contributed by atoms with van der Waals surface area (Å²) >= 11 is 0. The molecule has 4 rings (SSSR count). The van der Waals surface area contributed by atoms with Crippen LogP contribution in [0.4, 0.5) is 11.4 Å². The third kappa shape index (κ3) is 4.47. The van der Waals surface area contributed by atoms with Gasteiger partial charge in [-0.05, 0) is 37.1 Å². The van der Waals surface area contributed by atoms with Gasteiger partial charge in [0.15, 0.2) is 0 Å². The van der Waals surface area contributed by atoms with E-state index in [1.807, 2.05) is 36.4 Å². The summed E-state index contributed by atoms with van der Waals surface area (Å²) < 4.78 is 1.72. The Kier molecular flexibility index (Phi) is 5.89. The number of hydrogen-bond donors (Lipinski definition) is 1. The van der Waals surface area contributed by atoms with Crippen molar-refractivity contribution >= 4 is 28.2 Å². The first-order valence-corrected chi connectivity index (χ1v) is 10.3. The molecule has 1 amide bonds. The maximum absolute atomic E-state index is 12.7. The van der Waals surface area contributed by atoms with Gasteiger partial charge in [0.25, 0.3) is 0 Å². The number of nitrogens with one attached hydrogen (secondary N) is 1. The molecule has 1 saturated heterocycles. The molecule has 0 radical (unpaired) electrons. The van der Waals surface area contributed by atoms with Crippen LogP contribution >= 0.6 is 0 Å². The highest BCUT2D eigenvalue weighted by Crippen LogP contribution is 2.28. The molecule has 6 heteroatoms. The maximum Gasteiger partial charge on any atom is 0.226 e. The van der Waals surface area contributed by atoms with Crippen molar-refractivity contribution < 1.29 is 4.79 Å². The summed E-state index contributed by atoms with van der Waals surface area (Å²) in [5.74, 6) is -0.0585. The number of nitrogens with zero attached hydrogens (tertiary/aromatic N) is 3. The average molecular weight is 390 g/mol. The van der Waals surface area contributed by atoms with E-state index in [0.717, 1.165) is 30.0 Å². The van der Waals surface area contributed by atoms with Crippen molar-refractivity contribution in [2.75, 3.05) is 23.3 Å². The number of para-hydroxylation sites is 3. The summed E-state index contributed by atoms with van der Waals surface area (Å²) in [5, 5.41) is 7.90. The van der Waals surface area contributed by atoms with E-state index in [9.17, 15) is 9.59 Å². The van der Waals surface area contributed by atoms with Crippen LogP contribution in [-0.4, -0.2) is 28.8 Å². The Hall–Kier alpha value is -3.15. The molecule has 3 aromatic rings. The van der Waals surface area contributed by atoms with E-state index in [2.05, 4.69) is 21.4 Å². The minimum atomic E-state index is -0.104. The van der Waals surface area contributed by atoms with Gasteiger partial charge in [0.2, 0.25) is 11.3 Å². The van der Waals surface area contributed by atoms with E-state index in [1.54, 1.807) is 10.7 Å². The highest BCUT2D eigenvalue weighted by Gasteiger charge is 2.15. The van der Waals surface area contributed by atoms with Gasteiger partial charge in [-0.3, -0.25) is 14.3 Å². The Bertz CT molecular complexity index is 1050. The second-order valence-corrected chi connectivity index (χ2v) is 7.47. The van der Waals surface area contributed by atoms with Crippen molar-refractivity contribution in [2.24, 2.45) is 0 Å². The largest absolute Gasteiger partial charge is 0.370 e. The highest BCUT2D eigenvalue weighted by molar-refractivity contribution is 5.94. The molecule has 150 valence electrons. The number of benzene rings is 2. The van der Waals surface area contributed by atoms with Crippen LogP contribution in [0.25, 0.3) is 10.9 Å². The van der Waals surface area contributed by atoms with Crippen LogP contribution in [0.5, 0.6) is 0 Å². The molecule has 1 N–H and O–H groups in total. The van der Waals surface area contributed by atoms with Crippen LogP contribution in [0.2, 0.25) is 0 Å². The lowest BCUT2D eigenvalue weighted by molar-refractivity contribution is -0.116. The van der Waals surface area contributed by atoms with E-state index in [4.69, 9.17) is 0 Å². The van der Waals surface area contributed by atoms with Gasteiger partial charge < -0.3 is 10.2 Å². The molecule has 0 spiro atoms. The molecule has 29 heavy (non-hydrogen) atoms. The minimum Gasteiger partial charge on any atom is -0.370 e. The molecule has 0 atom stereocenters. The molecular weight excluding hydrogens is 364 g/mol. The van der Waals surface area contributed by atoms with Crippen molar-refractivity contribution in [3.8, 4) is 0 Å². The molecule has 1 fully saturated rings. The van der Waals surface area contributed by atoms with Gasteiger partial charge in [-0.15, -0.1) is 0 Å². The van der Waals surface area contributed by atoms with Gasteiger partial charge in [0, 0.05) is 24.9 Å². The lowest BCUT2D eigenvalue weighted by Gasteiger charge is -2.25. The first kappa shape index (κ1) is 19.2. The number of aromatic nitrogens is 2. The lowest BCUT2D eigenvalue weighted by atomic mass is 10.2. The van der Waals surface area contributed by atoms with Crippen molar-refractivity contribution in [3.05, 3.63) is 65.0 Å². The van der Waals surface area contributed by atoms with E-state index in [0.29, 0.717) is 11.9 Å². The van der Waals surface area contributed by atoms with Gasteiger partial charge in [-0.1, -0.05) is 37.1 Å². The molecule has 0 unspecified atom stereocenters. The number of hydrogen-bond acceptors (Lipinski definition) is 4. The quantitative estimate of drug-likeness (QED) is 0.719. The fourth-order valence-electron chi connectivity index (χ4n) is 3.93. The number of fused-ring (bicyclic) bond motifs is 1. The second-order valence-electron chi connectivity index (χ2n) is 7.47. The van der Waals surface area contributed by atoms with Gasteiger partial charge in [0.05, 0.1) is 29.6 Å². The monoisotopic (exact) mass is 390 g/mol. The molecule has 0 aliphatic carbocycles. The molecule has 0 bridgehead atoms.